The maximum absolute atomic E-state index is 11.5. The molecule has 3 unspecified atom stereocenters. The number of hydrogen-bond donors (Lipinski definition) is 1. The Kier molecular flexibility index (Phi) is 3.78. The molecule has 0 aliphatic carbocycles. The number of carbonyl (C=O) groups is 1. The lowest BCUT2D eigenvalue weighted by molar-refractivity contribution is -0.146. The number of aliphatic hydroxyl groups excluding tert-OH is 1. The number of likely N-dealkylation sites (tertiary alicyclic amines) is 1. The molecule has 0 aromatic rings. The van der Waals surface area contributed by atoms with E-state index >= 15 is 0 Å². The van der Waals surface area contributed by atoms with Crippen LogP contribution in [0.4, 0.5) is 0 Å². The van der Waals surface area contributed by atoms with E-state index < -0.39 is 6.10 Å². The van der Waals surface area contributed by atoms with Gasteiger partial charge in [0, 0.05) is 26.1 Å². The fourth-order valence-electron chi connectivity index (χ4n) is 2.52. The highest BCUT2D eigenvalue weighted by atomic mass is 16.5. The van der Waals surface area contributed by atoms with Crippen LogP contribution in [0.5, 0.6) is 0 Å². The molecule has 2 saturated heterocycles. The molecule has 1 N–H and O–H groups in total. The average molecular weight is 229 g/mol. The van der Waals surface area contributed by atoms with E-state index in [1.54, 1.807) is 0 Å². The number of β-amino-alcohol motifs (C(OH)–C–C–N with tert-alkyl or cyclic N) is 1. The van der Waals surface area contributed by atoms with Crippen molar-refractivity contribution >= 4 is 5.97 Å². The molecule has 5 nitrogen and oxygen atoms in total. The van der Waals surface area contributed by atoms with Gasteiger partial charge in [0.25, 0.3) is 0 Å². The van der Waals surface area contributed by atoms with E-state index in [1.807, 2.05) is 4.90 Å². The fraction of sp³-hybridized carbons (Fsp3) is 0.909. The van der Waals surface area contributed by atoms with E-state index in [0.29, 0.717) is 18.9 Å². The molecular weight excluding hydrogens is 210 g/mol. The van der Waals surface area contributed by atoms with Crippen LogP contribution in [0.2, 0.25) is 0 Å². The first-order valence-electron chi connectivity index (χ1n) is 5.78. The van der Waals surface area contributed by atoms with Gasteiger partial charge >= 0.3 is 5.97 Å². The SMILES string of the molecule is COC(=O)C1CC(O)CN1CC1CCOC1. The number of carbonyl (C=O) groups excluding carboxylic acids is 1. The minimum atomic E-state index is -0.411. The first-order chi connectivity index (χ1) is 7.70. The van der Waals surface area contributed by atoms with Crippen molar-refractivity contribution in [1.82, 2.24) is 4.90 Å². The molecule has 0 bridgehead atoms. The number of esters is 1. The molecule has 5 heteroatoms. The van der Waals surface area contributed by atoms with Crippen LogP contribution in [-0.2, 0) is 14.3 Å². The third kappa shape index (κ3) is 2.53. The van der Waals surface area contributed by atoms with Crippen LogP contribution >= 0.6 is 0 Å². The Labute approximate surface area is 95.3 Å². The zero-order valence-corrected chi connectivity index (χ0v) is 9.59. The monoisotopic (exact) mass is 229 g/mol. The average Bonchev–Trinajstić information content (AvgIpc) is 2.88. The maximum Gasteiger partial charge on any atom is 0.323 e. The summed E-state index contributed by atoms with van der Waals surface area (Å²) in [7, 11) is 1.39. The minimum absolute atomic E-state index is 0.240. The molecule has 0 radical (unpaired) electrons. The topological polar surface area (TPSA) is 59.0 Å². The third-order valence-electron chi connectivity index (χ3n) is 3.37. The molecule has 0 amide bonds. The molecule has 0 aromatic heterocycles. The first kappa shape index (κ1) is 11.8. The zero-order valence-electron chi connectivity index (χ0n) is 9.59. The van der Waals surface area contributed by atoms with Gasteiger partial charge in [-0.1, -0.05) is 0 Å². The van der Waals surface area contributed by atoms with Gasteiger partial charge in [-0.15, -0.1) is 0 Å². The second kappa shape index (κ2) is 5.12. The zero-order chi connectivity index (χ0) is 11.5. The van der Waals surface area contributed by atoms with Crippen molar-refractivity contribution < 1.29 is 19.4 Å². The summed E-state index contributed by atoms with van der Waals surface area (Å²) >= 11 is 0. The quantitative estimate of drug-likeness (QED) is 0.669. The minimum Gasteiger partial charge on any atom is -0.468 e. The van der Waals surface area contributed by atoms with E-state index in [2.05, 4.69) is 0 Å². The van der Waals surface area contributed by atoms with Crippen LogP contribution in [-0.4, -0.2) is 61.5 Å². The fourth-order valence-corrected chi connectivity index (χ4v) is 2.52. The Bertz CT molecular complexity index is 252. The highest BCUT2D eigenvalue weighted by Gasteiger charge is 2.37. The number of methoxy groups -OCH3 is 1. The molecule has 0 aromatic carbocycles. The van der Waals surface area contributed by atoms with Gasteiger partial charge in [0.05, 0.1) is 19.8 Å². The number of aliphatic hydroxyl groups is 1. The summed E-state index contributed by atoms with van der Waals surface area (Å²) in [4.78, 5) is 13.6. The number of rotatable bonds is 3. The predicted molar refractivity (Wildman–Crippen MR) is 56.9 cm³/mol. The van der Waals surface area contributed by atoms with Crippen molar-refractivity contribution in [3.63, 3.8) is 0 Å². The van der Waals surface area contributed by atoms with Crippen LogP contribution in [0.1, 0.15) is 12.8 Å². The van der Waals surface area contributed by atoms with Crippen LogP contribution in [0.15, 0.2) is 0 Å². The van der Waals surface area contributed by atoms with Crippen molar-refractivity contribution in [3.8, 4) is 0 Å². The number of nitrogens with zero attached hydrogens (tertiary/aromatic N) is 1. The van der Waals surface area contributed by atoms with Gasteiger partial charge in [-0.05, 0) is 12.3 Å². The van der Waals surface area contributed by atoms with Gasteiger partial charge in [-0.25, -0.2) is 0 Å². The van der Waals surface area contributed by atoms with Crippen molar-refractivity contribution in [2.45, 2.75) is 25.0 Å². The predicted octanol–water partition coefficient (Wildman–Crippen LogP) is -0.369. The Balaban J connectivity index is 1.92. The van der Waals surface area contributed by atoms with Crippen molar-refractivity contribution in [1.29, 1.82) is 0 Å². The Morgan fingerprint density at radius 2 is 2.44 bits per heavy atom. The van der Waals surface area contributed by atoms with Crippen LogP contribution in [0.25, 0.3) is 0 Å². The van der Waals surface area contributed by atoms with Crippen LogP contribution in [0.3, 0.4) is 0 Å². The molecule has 2 fully saturated rings. The van der Waals surface area contributed by atoms with Crippen LogP contribution in [0, 0.1) is 5.92 Å². The van der Waals surface area contributed by atoms with E-state index in [9.17, 15) is 9.90 Å². The van der Waals surface area contributed by atoms with Gasteiger partial charge in [0.15, 0.2) is 0 Å². The molecule has 2 heterocycles. The first-order valence-corrected chi connectivity index (χ1v) is 5.78. The summed E-state index contributed by atoms with van der Waals surface area (Å²) in [5.41, 5.74) is 0. The Hall–Kier alpha value is -0.650. The highest BCUT2D eigenvalue weighted by molar-refractivity contribution is 5.76. The Morgan fingerprint density at radius 1 is 1.62 bits per heavy atom. The van der Waals surface area contributed by atoms with Gasteiger partial charge in [0.1, 0.15) is 6.04 Å². The summed E-state index contributed by atoms with van der Waals surface area (Å²) < 4.78 is 10.1. The summed E-state index contributed by atoms with van der Waals surface area (Å²) in [6, 6.07) is -0.277. The molecule has 2 rings (SSSR count). The molecule has 3 atom stereocenters. The number of hydrogen-bond acceptors (Lipinski definition) is 5. The Morgan fingerprint density at radius 3 is 3.06 bits per heavy atom. The lowest BCUT2D eigenvalue weighted by Gasteiger charge is -2.24. The molecule has 2 aliphatic rings. The van der Waals surface area contributed by atoms with Gasteiger partial charge < -0.3 is 14.6 Å². The van der Waals surface area contributed by atoms with Gasteiger partial charge in [-0.3, -0.25) is 9.69 Å². The van der Waals surface area contributed by atoms with Crippen molar-refractivity contribution in [2.75, 3.05) is 33.4 Å². The lowest BCUT2D eigenvalue weighted by Crippen LogP contribution is -2.40. The standard InChI is InChI=1S/C11H19NO4/c1-15-11(14)10-4-9(13)6-12(10)5-8-2-3-16-7-8/h8-10,13H,2-7H2,1H3. The smallest absolute Gasteiger partial charge is 0.323 e. The molecular formula is C11H19NO4. The summed E-state index contributed by atoms with van der Waals surface area (Å²) in [5, 5.41) is 9.61. The van der Waals surface area contributed by atoms with E-state index in [4.69, 9.17) is 9.47 Å². The van der Waals surface area contributed by atoms with Gasteiger partial charge in [0.2, 0.25) is 0 Å². The molecule has 16 heavy (non-hydrogen) atoms. The van der Waals surface area contributed by atoms with E-state index in [0.717, 1.165) is 26.2 Å². The molecule has 0 saturated carbocycles. The normalized spacial score (nSPS) is 35.5. The molecule has 2 aliphatic heterocycles. The largest absolute Gasteiger partial charge is 0.468 e. The highest BCUT2D eigenvalue weighted by Crippen LogP contribution is 2.23. The number of ether oxygens (including phenoxy) is 2. The van der Waals surface area contributed by atoms with Gasteiger partial charge in [-0.2, -0.15) is 0 Å². The summed E-state index contributed by atoms with van der Waals surface area (Å²) in [5.74, 6) is 0.243. The van der Waals surface area contributed by atoms with E-state index in [-0.39, 0.29) is 12.0 Å². The van der Waals surface area contributed by atoms with Crippen LogP contribution < -0.4 is 0 Å². The van der Waals surface area contributed by atoms with E-state index in [1.165, 1.54) is 7.11 Å². The molecule has 92 valence electrons. The molecule has 0 spiro atoms. The van der Waals surface area contributed by atoms with Crippen molar-refractivity contribution in [2.24, 2.45) is 5.92 Å². The second-order valence-corrected chi connectivity index (χ2v) is 4.61. The third-order valence-corrected chi connectivity index (χ3v) is 3.37. The summed E-state index contributed by atoms with van der Waals surface area (Å²) in [6.07, 6.45) is 1.12. The second-order valence-electron chi connectivity index (χ2n) is 4.61. The lowest BCUT2D eigenvalue weighted by atomic mass is 10.1. The van der Waals surface area contributed by atoms with Crippen molar-refractivity contribution in [3.05, 3.63) is 0 Å². The summed E-state index contributed by atoms with van der Waals surface area (Å²) in [6.45, 7) is 2.96. The maximum atomic E-state index is 11.5.